The van der Waals surface area contributed by atoms with Gasteiger partial charge in [-0.15, -0.1) is 0 Å². The van der Waals surface area contributed by atoms with E-state index in [-0.39, 0.29) is 4.90 Å². The Labute approximate surface area is 93.8 Å². The van der Waals surface area contributed by atoms with E-state index in [9.17, 15) is 13.2 Å². The van der Waals surface area contributed by atoms with Gasteiger partial charge in [-0.25, -0.2) is 4.79 Å². The number of hydrogen-bond acceptors (Lipinski definition) is 4. The molecule has 0 bridgehead atoms. The van der Waals surface area contributed by atoms with Crippen molar-refractivity contribution in [1.29, 1.82) is 0 Å². The highest BCUT2D eigenvalue weighted by Crippen LogP contribution is 2.14. The maximum absolute atomic E-state index is 11.9. The predicted octanol–water partition coefficient (Wildman–Crippen LogP) is 0.578. The van der Waals surface area contributed by atoms with Gasteiger partial charge in [0.1, 0.15) is 0 Å². The summed E-state index contributed by atoms with van der Waals surface area (Å²) in [7, 11) is -1.54. The zero-order valence-corrected chi connectivity index (χ0v) is 9.69. The van der Waals surface area contributed by atoms with E-state index >= 15 is 0 Å². The highest BCUT2D eigenvalue weighted by molar-refractivity contribution is 7.89. The van der Waals surface area contributed by atoms with Crippen molar-refractivity contribution in [2.75, 3.05) is 14.2 Å². The third-order valence-electron chi connectivity index (χ3n) is 1.80. The first-order valence-corrected chi connectivity index (χ1v) is 5.84. The standard InChI is InChI=1S/C9H12N2O4S/c1-10-9(12)11(15-2)16(13,14)8-6-4-3-5-7-8/h3-7H,1-2H3,(H,10,12). The summed E-state index contributed by atoms with van der Waals surface area (Å²) in [5.74, 6) is 0. The van der Waals surface area contributed by atoms with Crippen molar-refractivity contribution in [3.8, 4) is 0 Å². The van der Waals surface area contributed by atoms with E-state index in [1.807, 2.05) is 0 Å². The van der Waals surface area contributed by atoms with Gasteiger partial charge in [0.2, 0.25) is 0 Å². The van der Waals surface area contributed by atoms with Crippen LogP contribution in [0.2, 0.25) is 0 Å². The van der Waals surface area contributed by atoms with E-state index in [0.717, 1.165) is 7.11 Å². The molecule has 0 aliphatic rings. The van der Waals surface area contributed by atoms with Gasteiger partial charge in [0, 0.05) is 7.05 Å². The largest absolute Gasteiger partial charge is 0.356 e. The number of nitrogens with one attached hydrogen (secondary N) is 1. The van der Waals surface area contributed by atoms with E-state index < -0.39 is 16.1 Å². The van der Waals surface area contributed by atoms with Gasteiger partial charge >= 0.3 is 6.03 Å². The number of hydrogen-bond donors (Lipinski definition) is 1. The van der Waals surface area contributed by atoms with E-state index in [4.69, 9.17) is 0 Å². The van der Waals surface area contributed by atoms with Crippen LogP contribution in [0.4, 0.5) is 4.79 Å². The third kappa shape index (κ3) is 2.31. The number of benzene rings is 1. The first-order chi connectivity index (χ1) is 7.54. The third-order valence-corrected chi connectivity index (χ3v) is 3.42. The summed E-state index contributed by atoms with van der Waals surface area (Å²) in [6.07, 6.45) is 0. The Morgan fingerprint density at radius 3 is 2.31 bits per heavy atom. The zero-order valence-electron chi connectivity index (χ0n) is 8.88. The number of sulfonamides is 1. The molecular weight excluding hydrogens is 232 g/mol. The van der Waals surface area contributed by atoms with Crippen LogP contribution >= 0.6 is 0 Å². The lowest BCUT2D eigenvalue weighted by Gasteiger charge is -2.18. The van der Waals surface area contributed by atoms with Gasteiger partial charge in [0.25, 0.3) is 10.0 Å². The molecule has 0 fully saturated rings. The normalized spacial score (nSPS) is 10.9. The monoisotopic (exact) mass is 244 g/mol. The lowest BCUT2D eigenvalue weighted by atomic mass is 10.4. The van der Waals surface area contributed by atoms with E-state index in [1.165, 1.54) is 19.2 Å². The number of carbonyl (C=O) groups is 1. The summed E-state index contributed by atoms with van der Waals surface area (Å²) in [5, 5.41) is 2.17. The molecule has 7 heteroatoms. The molecule has 1 N–H and O–H groups in total. The topological polar surface area (TPSA) is 75.7 Å². The fraction of sp³-hybridized carbons (Fsp3) is 0.222. The van der Waals surface area contributed by atoms with Gasteiger partial charge in [-0.3, -0.25) is 4.84 Å². The fourth-order valence-corrected chi connectivity index (χ4v) is 2.27. The Balaban J connectivity index is 3.15. The van der Waals surface area contributed by atoms with Crippen LogP contribution in [0.25, 0.3) is 0 Å². The van der Waals surface area contributed by atoms with Gasteiger partial charge in [0.05, 0.1) is 12.0 Å². The van der Waals surface area contributed by atoms with Crippen molar-refractivity contribution in [3.63, 3.8) is 0 Å². The number of hydroxylamine groups is 1. The molecule has 88 valence electrons. The molecule has 0 atom stereocenters. The van der Waals surface area contributed by atoms with Gasteiger partial charge in [-0.2, -0.15) is 8.42 Å². The molecule has 0 unspecified atom stereocenters. The Kier molecular flexibility index (Phi) is 3.86. The van der Waals surface area contributed by atoms with Gasteiger partial charge < -0.3 is 5.32 Å². The molecule has 0 saturated heterocycles. The Bertz CT molecular complexity index is 458. The molecule has 1 aromatic rings. The minimum Gasteiger partial charge on any atom is -0.338 e. The SMILES string of the molecule is CNC(=O)N(OC)S(=O)(=O)c1ccccc1. The number of rotatable bonds is 3. The summed E-state index contributed by atoms with van der Waals surface area (Å²) < 4.78 is 24.1. The smallest absolute Gasteiger partial charge is 0.338 e. The number of nitrogens with zero attached hydrogens (tertiary/aromatic N) is 1. The summed E-state index contributed by atoms with van der Waals surface area (Å²) in [5.41, 5.74) is 0. The average Bonchev–Trinajstić information content (AvgIpc) is 2.30. The molecule has 0 radical (unpaired) electrons. The molecule has 2 amide bonds. The fourth-order valence-electron chi connectivity index (χ4n) is 1.07. The van der Waals surface area contributed by atoms with E-state index in [0.29, 0.717) is 4.47 Å². The van der Waals surface area contributed by atoms with Crippen LogP contribution in [0, 0.1) is 0 Å². The molecular formula is C9H12N2O4S. The number of carbonyl (C=O) groups excluding carboxylic acids is 1. The van der Waals surface area contributed by atoms with Gasteiger partial charge in [-0.1, -0.05) is 22.7 Å². The van der Waals surface area contributed by atoms with Crippen LogP contribution in [0.3, 0.4) is 0 Å². The second-order valence-corrected chi connectivity index (χ2v) is 4.54. The second-order valence-electron chi connectivity index (χ2n) is 2.78. The zero-order chi connectivity index (χ0) is 12.2. The minimum absolute atomic E-state index is 0.0135. The number of amides is 2. The molecule has 1 rings (SSSR count). The molecule has 6 nitrogen and oxygen atoms in total. The Morgan fingerprint density at radius 1 is 1.31 bits per heavy atom. The van der Waals surface area contributed by atoms with Gasteiger partial charge in [-0.05, 0) is 12.1 Å². The van der Waals surface area contributed by atoms with Crippen LogP contribution in [-0.4, -0.2) is 33.1 Å². The van der Waals surface area contributed by atoms with Crippen molar-refractivity contribution in [2.45, 2.75) is 4.90 Å². The molecule has 0 heterocycles. The Hall–Kier alpha value is -1.60. The van der Waals surface area contributed by atoms with Crippen LogP contribution < -0.4 is 5.32 Å². The summed E-state index contributed by atoms with van der Waals surface area (Å²) in [4.78, 5) is 15.8. The Morgan fingerprint density at radius 2 is 1.88 bits per heavy atom. The van der Waals surface area contributed by atoms with Crippen molar-refractivity contribution in [2.24, 2.45) is 0 Å². The predicted molar refractivity (Wildman–Crippen MR) is 56.9 cm³/mol. The molecule has 0 spiro atoms. The summed E-state index contributed by atoms with van der Waals surface area (Å²) in [6.45, 7) is 0. The highest BCUT2D eigenvalue weighted by atomic mass is 32.2. The van der Waals surface area contributed by atoms with Crippen molar-refractivity contribution in [3.05, 3.63) is 30.3 Å². The van der Waals surface area contributed by atoms with Crippen molar-refractivity contribution < 1.29 is 18.0 Å². The van der Waals surface area contributed by atoms with Crippen LogP contribution in [0.1, 0.15) is 0 Å². The molecule has 0 aliphatic heterocycles. The summed E-state index contributed by atoms with van der Waals surface area (Å²) >= 11 is 0. The lowest BCUT2D eigenvalue weighted by molar-refractivity contribution is -0.0101. The maximum atomic E-state index is 11.9. The average molecular weight is 244 g/mol. The molecule has 0 aliphatic carbocycles. The summed E-state index contributed by atoms with van der Waals surface area (Å²) in [6, 6.07) is 6.70. The van der Waals surface area contributed by atoms with Gasteiger partial charge in [0.15, 0.2) is 0 Å². The molecule has 0 saturated carbocycles. The van der Waals surface area contributed by atoms with Crippen LogP contribution in [0.15, 0.2) is 35.2 Å². The van der Waals surface area contributed by atoms with Crippen LogP contribution in [0.5, 0.6) is 0 Å². The first kappa shape index (κ1) is 12.5. The van der Waals surface area contributed by atoms with Crippen molar-refractivity contribution in [1.82, 2.24) is 9.79 Å². The molecule has 1 aromatic carbocycles. The lowest BCUT2D eigenvalue weighted by Crippen LogP contribution is -2.41. The highest BCUT2D eigenvalue weighted by Gasteiger charge is 2.28. The van der Waals surface area contributed by atoms with Crippen molar-refractivity contribution >= 4 is 16.1 Å². The first-order valence-electron chi connectivity index (χ1n) is 4.40. The second kappa shape index (κ2) is 4.95. The van der Waals surface area contributed by atoms with Crippen LogP contribution in [-0.2, 0) is 14.9 Å². The maximum Gasteiger partial charge on any atom is 0.356 e. The minimum atomic E-state index is -3.96. The number of urea groups is 1. The molecule has 0 aromatic heterocycles. The quantitative estimate of drug-likeness (QED) is 0.789. The van der Waals surface area contributed by atoms with E-state index in [1.54, 1.807) is 18.2 Å². The van der Waals surface area contributed by atoms with E-state index in [2.05, 4.69) is 10.2 Å². The molecule has 16 heavy (non-hydrogen) atoms.